The normalized spacial score (nSPS) is 10.5. The summed E-state index contributed by atoms with van der Waals surface area (Å²) in [5.41, 5.74) is 1.17. The van der Waals surface area contributed by atoms with Gasteiger partial charge in [-0.2, -0.15) is 5.26 Å². The van der Waals surface area contributed by atoms with Crippen LogP contribution in [-0.4, -0.2) is 29.7 Å². The van der Waals surface area contributed by atoms with Gasteiger partial charge in [0.1, 0.15) is 5.82 Å². The zero-order valence-corrected chi connectivity index (χ0v) is 9.99. The predicted molar refractivity (Wildman–Crippen MR) is 63.8 cm³/mol. The third kappa shape index (κ3) is 4.14. The smallest absolute Gasteiger partial charge is 0.123 e. The third-order valence-corrected chi connectivity index (χ3v) is 2.54. The summed E-state index contributed by atoms with van der Waals surface area (Å²) in [6.07, 6.45) is 0.956. The lowest BCUT2D eigenvalue weighted by atomic mass is 10.1. The summed E-state index contributed by atoms with van der Waals surface area (Å²) in [4.78, 5) is 2.01. The van der Waals surface area contributed by atoms with Crippen molar-refractivity contribution >= 4 is 0 Å². The van der Waals surface area contributed by atoms with Crippen molar-refractivity contribution in [2.45, 2.75) is 19.9 Å². The van der Waals surface area contributed by atoms with E-state index in [-0.39, 0.29) is 12.4 Å². The van der Waals surface area contributed by atoms with Crippen molar-refractivity contribution < 1.29 is 9.50 Å². The monoisotopic (exact) mass is 236 g/mol. The van der Waals surface area contributed by atoms with E-state index in [1.54, 1.807) is 0 Å². The van der Waals surface area contributed by atoms with Crippen LogP contribution in [0, 0.1) is 17.1 Å². The molecule has 0 aliphatic heterocycles. The van der Waals surface area contributed by atoms with Crippen LogP contribution in [0.2, 0.25) is 0 Å². The summed E-state index contributed by atoms with van der Waals surface area (Å²) in [5, 5.41) is 17.9. The van der Waals surface area contributed by atoms with Gasteiger partial charge in [0.05, 0.1) is 18.2 Å². The summed E-state index contributed by atoms with van der Waals surface area (Å²) in [7, 11) is 0. The van der Waals surface area contributed by atoms with Crippen LogP contribution in [0.15, 0.2) is 18.2 Å². The Morgan fingerprint density at radius 2 is 2.18 bits per heavy atom. The van der Waals surface area contributed by atoms with Crippen molar-refractivity contribution in [1.29, 1.82) is 5.26 Å². The molecule has 0 saturated carbocycles. The van der Waals surface area contributed by atoms with E-state index in [0.29, 0.717) is 24.2 Å². The van der Waals surface area contributed by atoms with Gasteiger partial charge in [-0.15, -0.1) is 0 Å². The molecule has 0 unspecified atom stereocenters. The van der Waals surface area contributed by atoms with Crippen molar-refractivity contribution in [3.63, 3.8) is 0 Å². The fraction of sp³-hybridized carbons (Fsp3) is 0.462. The highest BCUT2D eigenvalue weighted by Gasteiger charge is 2.09. The Balaban J connectivity index is 2.84. The van der Waals surface area contributed by atoms with Gasteiger partial charge in [0.2, 0.25) is 0 Å². The molecule has 0 atom stereocenters. The van der Waals surface area contributed by atoms with E-state index in [9.17, 15) is 4.39 Å². The topological polar surface area (TPSA) is 47.3 Å². The Morgan fingerprint density at radius 1 is 1.41 bits per heavy atom. The molecule has 1 aromatic rings. The zero-order chi connectivity index (χ0) is 12.7. The maximum absolute atomic E-state index is 13.1. The van der Waals surface area contributed by atoms with Crippen LogP contribution in [-0.2, 0) is 6.54 Å². The van der Waals surface area contributed by atoms with E-state index in [0.717, 1.165) is 13.0 Å². The molecule has 0 spiro atoms. The van der Waals surface area contributed by atoms with E-state index in [2.05, 4.69) is 6.07 Å². The van der Waals surface area contributed by atoms with Crippen molar-refractivity contribution in [2.75, 3.05) is 19.7 Å². The number of aliphatic hydroxyl groups excluding tert-OH is 1. The summed E-state index contributed by atoms with van der Waals surface area (Å²) < 4.78 is 13.1. The number of nitriles is 1. The van der Waals surface area contributed by atoms with Gasteiger partial charge in [-0.25, -0.2) is 4.39 Å². The molecule has 0 aromatic heterocycles. The Hall–Kier alpha value is -1.44. The lowest BCUT2D eigenvalue weighted by molar-refractivity contribution is 0.190. The number of halogens is 1. The average Bonchev–Trinajstić information content (AvgIpc) is 2.30. The van der Waals surface area contributed by atoms with Crippen LogP contribution in [0.1, 0.15) is 24.5 Å². The van der Waals surface area contributed by atoms with Gasteiger partial charge in [-0.05, 0) is 36.7 Å². The van der Waals surface area contributed by atoms with Crippen LogP contribution >= 0.6 is 0 Å². The molecule has 4 heteroatoms. The molecule has 0 aliphatic carbocycles. The first-order valence-corrected chi connectivity index (χ1v) is 5.73. The predicted octanol–water partition coefficient (Wildman–Crippen LogP) is 1.90. The first kappa shape index (κ1) is 13.6. The van der Waals surface area contributed by atoms with Crippen LogP contribution in [0.25, 0.3) is 0 Å². The molecule has 0 saturated heterocycles. The van der Waals surface area contributed by atoms with E-state index < -0.39 is 0 Å². The first-order chi connectivity index (χ1) is 8.21. The molecule has 0 heterocycles. The molecule has 0 aliphatic rings. The number of hydrogen-bond donors (Lipinski definition) is 1. The highest BCUT2D eigenvalue weighted by Crippen LogP contribution is 2.13. The fourth-order valence-electron chi connectivity index (χ4n) is 1.77. The maximum Gasteiger partial charge on any atom is 0.123 e. The molecule has 17 heavy (non-hydrogen) atoms. The molecule has 92 valence electrons. The minimum Gasteiger partial charge on any atom is -0.395 e. The first-order valence-electron chi connectivity index (χ1n) is 5.73. The summed E-state index contributed by atoms with van der Waals surface area (Å²) in [6, 6.07) is 6.23. The van der Waals surface area contributed by atoms with Crippen LogP contribution in [0.4, 0.5) is 4.39 Å². The maximum atomic E-state index is 13.1. The molecular formula is C13H17FN2O. The molecule has 1 N–H and O–H groups in total. The molecule has 1 aromatic carbocycles. The SMILES string of the molecule is CCCN(CCO)Cc1cc(F)ccc1C#N. The molecule has 0 radical (unpaired) electrons. The largest absolute Gasteiger partial charge is 0.395 e. The van der Waals surface area contributed by atoms with Crippen LogP contribution < -0.4 is 0 Å². The third-order valence-electron chi connectivity index (χ3n) is 2.54. The lowest BCUT2D eigenvalue weighted by Crippen LogP contribution is -2.27. The number of hydrogen-bond acceptors (Lipinski definition) is 3. The van der Waals surface area contributed by atoms with E-state index in [1.165, 1.54) is 18.2 Å². The highest BCUT2D eigenvalue weighted by atomic mass is 19.1. The van der Waals surface area contributed by atoms with Gasteiger partial charge < -0.3 is 5.11 Å². The second kappa shape index (κ2) is 7.00. The van der Waals surface area contributed by atoms with Crippen LogP contribution in [0.3, 0.4) is 0 Å². The summed E-state index contributed by atoms with van der Waals surface area (Å²) in [5.74, 6) is -0.334. The Bertz CT molecular complexity index is 395. The molecular weight excluding hydrogens is 219 g/mol. The fourth-order valence-corrected chi connectivity index (χ4v) is 1.77. The van der Waals surface area contributed by atoms with Crippen molar-refractivity contribution in [3.8, 4) is 6.07 Å². The number of benzene rings is 1. The van der Waals surface area contributed by atoms with E-state index in [4.69, 9.17) is 10.4 Å². The van der Waals surface area contributed by atoms with Crippen molar-refractivity contribution in [3.05, 3.63) is 35.1 Å². The quantitative estimate of drug-likeness (QED) is 0.820. The molecule has 3 nitrogen and oxygen atoms in total. The highest BCUT2D eigenvalue weighted by molar-refractivity contribution is 5.37. The van der Waals surface area contributed by atoms with Crippen LogP contribution in [0.5, 0.6) is 0 Å². The molecule has 0 fully saturated rings. The van der Waals surface area contributed by atoms with Gasteiger partial charge in [0, 0.05) is 13.1 Å². The van der Waals surface area contributed by atoms with E-state index >= 15 is 0 Å². The average molecular weight is 236 g/mol. The Morgan fingerprint density at radius 3 is 2.76 bits per heavy atom. The van der Waals surface area contributed by atoms with Crippen molar-refractivity contribution in [2.24, 2.45) is 0 Å². The van der Waals surface area contributed by atoms with Crippen molar-refractivity contribution in [1.82, 2.24) is 4.90 Å². The molecule has 0 bridgehead atoms. The standard InChI is InChI=1S/C13H17FN2O/c1-2-5-16(6-7-17)10-12-8-13(14)4-3-11(12)9-15/h3-4,8,17H,2,5-7,10H2,1H3. The Kier molecular flexibility index (Phi) is 5.61. The van der Waals surface area contributed by atoms with E-state index in [1.807, 2.05) is 11.8 Å². The number of nitrogens with zero attached hydrogens (tertiary/aromatic N) is 2. The number of rotatable bonds is 6. The minimum absolute atomic E-state index is 0.0667. The second-order valence-corrected chi connectivity index (χ2v) is 3.91. The van der Waals surface area contributed by atoms with Gasteiger partial charge in [0.25, 0.3) is 0 Å². The summed E-state index contributed by atoms with van der Waals surface area (Å²) in [6.45, 7) is 3.96. The number of aliphatic hydroxyl groups is 1. The zero-order valence-electron chi connectivity index (χ0n) is 9.99. The van der Waals surface area contributed by atoms with Gasteiger partial charge in [-0.1, -0.05) is 6.92 Å². The van der Waals surface area contributed by atoms with Gasteiger partial charge in [-0.3, -0.25) is 4.90 Å². The molecule has 1 rings (SSSR count). The Labute approximate surface area is 101 Å². The van der Waals surface area contributed by atoms with Gasteiger partial charge in [0.15, 0.2) is 0 Å². The molecule has 0 amide bonds. The van der Waals surface area contributed by atoms with Gasteiger partial charge >= 0.3 is 0 Å². The summed E-state index contributed by atoms with van der Waals surface area (Å²) >= 11 is 0. The lowest BCUT2D eigenvalue weighted by Gasteiger charge is -2.21. The second-order valence-electron chi connectivity index (χ2n) is 3.91. The minimum atomic E-state index is -0.334.